The molecule has 252 valence electrons. The van der Waals surface area contributed by atoms with Crippen LogP contribution < -0.4 is 20.9 Å². The maximum absolute atomic E-state index is 14.0. The molecule has 0 saturated carbocycles. The van der Waals surface area contributed by atoms with Crippen molar-refractivity contribution in [1.82, 2.24) is 20.2 Å². The number of amides is 2. The number of nitrogens with one attached hydrogen (secondary N) is 3. The lowest BCUT2D eigenvalue weighted by molar-refractivity contribution is -0.176. The molecule has 1 fully saturated rings. The predicted octanol–water partition coefficient (Wildman–Crippen LogP) is 7.45. The molecule has 0 bridgehead atoms. The maximum Gasteiger partial charge on any atom is 0.393 e. The zero-order valence-corrected chi connectivity index (χ0v) is 26.4. The number of piperidine rings is 1. The number of halogens is 9. The fourth-order valence-electron chi connectivity index (χ4n) is 5.00. The van der Waals surface area contributed by atoms with Crippen LogP contribution in [-0.4, -0.2) is 59.0 Å². The summed E-state index contributed by atoms with van der Waals surface area (Å²) in [6.45, 7) is 1.12. The Morgan fingerprint density at radius 1 is 1.04 bits per heavy atom. The molecular formula is C29H31Cl2F7N6O2. The minimum atomic E-state index is -4.52. The van der Waals surface area contributed by atoms with Crippen molar-refractivity contribution in [3.63, 3.8) is 0 Å². The van der Waals surface area contributed by atoms with Crippen molar-refractivity contribution in [3.05, 3.63) is 45.4 Å². The van der Waals surface area contributed by atoms with Crippen LogP contribution in [0.1, 0.15) is 49.0 Å². The van der Waals surface area contributed by atoms with Gasteiger partial charge in [0.2, 0.25) is 5.95 Å². The van der Waals surface area contributed by atoms with E-state index in [4.69, 9.17) is 23.2 Å². The highest BCUT2D eigenvalue weighted by molar-refractivity contribution is 6.39. The molecule has 1 unspecified atom stereocenters. The molecule has 0 spiro atoms. The second-order valence-corrected chi connectivity index (χ2v) is 12.3. The molecule has 3 N–H and O–H groups in total. The lowest BCUT2D eigenvalue weighted by atomic mass is 9.96. The van der Waals surface area contributed by atoms with E-state index in [9.17, 15) is 40.3 Å². The number of anilines is 3. The first-order valence-corrected chi connectivity index (χ1v) is 14.9. The quantitative estimate of drug-likeness (QED) is 0.202. The number of imidazole rings is 1. The third-order valence-corrected chi connectivity index (χ3v) is 8.30. The van der Waals surface area contributed by atoms with Gasteiger partial charge in [0.15, 0.2) is 5.67 Å². The average molecular weight is 699 g/mol. The summed E-state index contributed by atoms with van der Waals surface area (Å²) in [6.07, 6.45) is -10.2. The van der Waals surface area contributed by atoms with Gasteiger partial charge in [0.05, 0.1) is 50.4 Å². The number of hydrogen-bond acceptors (Lipinski definition) is 5. The van der Waals surface area contributed by atoms with Crippen LogP contribution in [0, 0.1) is 5.92 Å². The summed E-state index contributed by atoms with van der Waals surface area (Å²) in [4.78, 5) is 31.0. The van der Waals surface area contributed by atoms with Gasteiger partial charge >= 0.3 is 12.4 Å². The summed E-state index contributed by atoms with van der Waals surface area (Å²) in [5.74, 6) is -3.25. The summed E-state index contributed by atoms with van der Waals surface area (Å²) < 4.78 is 94.6. The van der Waals surface area contributed by atoms with E-state index in [2.05, 4.69) is 20.9 Å². The van der Waals surface area contributed by atoms with Gasteiger partial charge in [-0.25, -0.2) is 9.37 Å². The van der Waals surface area contributed by atoms with E-state index in [-0.39, 0.29) is 64.4 Å². The molecule has 0 aliphatic carbocycles. The molecule has 3 aromatic rings. The van der Waals surface area contributed by atoms with Crippen molar-refractivity contribution in [3.8, 4) is 0 Å². The van der Waals surface area contributed by atoms with Crippen LogP contribution in [0.2, 0.25) is 10.0 Å². The number of carbonyl (C=O) groups is 2. The molecule has 0 radical (unpaired) electrons. The minimum Gasteiger partial charge on any atom is -0.370 e. The number of carbonyl (C=O) groups excluding carboxylic acids is 2. The molecule has 2 amide bonds. The SMILES string of the molecule is Cn1c(Nc2c(Cl)ccc(CNC(=O)C(C)(C)F)c2Cl)nc2cc(C(=O)NCCC(F)(F)F)c(N3CCCC(C(F)(F)F)C3)cc21. The molecule has 1 aromatic heterocycles. The van der Waals surface area contributed by atoms with Crippen LogP contribution in [-0.2, 0) is 18.4 Å². The van der Waals surface area contributed by atoms with Crippen LogP contribution >= 0.6 is 23.2 Å². The summed E-state index contributed by atoms with van der Waals surface area (Å²) in [5, 5.41) is 7.90. The number of rotatable bonds is 9. The zero-order chi connectivity index (χ0) is 34.2. The van der Waals surface area contributed by atoms with E-state index < -0.39 is 55.3 Å². The maximum atomic E-state index is 14.0. The topological polar surface area (TPSA) is 91.3 Å². The van der Waals surface area contributed by atoms with Crippen molar-refractivity contribution in [2.24, 2.45) is 13.0 Å². The fraction of sp³-hybridized carbons (Fsp3) is 0.483. The Kier molecular flexibility index (Phi) is 10.3. The third kappa shape index (κ3) is 8.27. The highest BCUT2D eigenvalue weighted by Gasteiger charge is 2.42. The fourth-order valence-corrected chi connectivity index (χ4v) is 5.53. The Hall–Kier alpha value is -3.46. The van der Waals surface area contributed by atoms with Gasteiger partial charge in [-0.1, -0.05) is 29.3 Å². The molecule has 46 heavy (non-hydrogen) atoms. The average Bonchev–Trinajstić information content (AvgIpc) is 3.26. The van der Waals surface area contributed by atoms with Gasteiger partial charge in [0.25, 0.3) is 11.8 Å². The minimum absolute atomic E-state index is 0.0912. The van der Waals surface area contributed by atoms with Crippen molar-refractivity contribution in [2.75, 3.05) is 29.9 Å². The van der Waals surface area contributed by atoms with E-state index in [1.165, 1.54) is 23.1 Å². The van der Waals surface area contributed by atoms with Crippen LogP contribution in [0.3, 0.4) is 0 Å². The van der Waals surface area contributed by atoms with E-state index in [1.807, 2.05) is 0 Å². The highest BCUT2D eigenvalue weighted by Crippen LogP contribution is 2.39. The van der Waals surface area contributed by atoms with E-state index in [1.54, 1.807) is 17.7 Å². The van der Waals surface area contributed by atoms with Crippen molar-refractivity contribution in [1.29, 1.82) is 0 Å². The highest BCUT2D eigenvalue weighted by atomic mass is 35.5. The van der Waals surface area contributed by atoms with Gasteiger partial charge < -0.3 is 25.4 Å². The van der Waals surface area contributed by atoms with Crippen molar-refractivity contribution >= 4 is 63.4 Å². The van der Waals surface area contributed by atoms with Crippen LogP contribution in [0.4, 0.5) is 48.1 Å². The molecule has 8 nitrogen and oxygen atoms in total. The smallest absolute Gasteiger partial charge is 0.370 e. The molecule has 2 aromatic carbocycles. The van der Waals surface area contributed by atoms with Crippen LogP contribution in [0.5, 0.6) is 0 Å². The largest absolute Gasteiger partial charge is 0.393 e. The van der Waals surface area contributed by atoms with Gasteiger partial charge in [0.1, 0.15) is 0 Å². The molecule has 4 rings (SSSR count). The normalized spacial score (nSPS) is 16.1. The first-order chi connectivity index (χ1) is 21.3. The predicted molar refractivity (Wildman–Crippen MR) is 161 cm³/mol. The Morgan fingerprint density at radius 3 is 2.37 bits per heavy atom. The zero-order valence-electron chi connectivity index (χ0n) is 24.9. The summed E-state index contributed by atoms with van der Waals surface area (Å²) in [6, 6.07) is 5.82. The number of benzene rings is 2. The van der Waals surface area contributed by atoms with Gasteiger partial charge in [-0.05, 0) is 50.5 Å². The molecular weight excluding hydrogens is 668 g/mol. The molecule has 1 aliphatic heterocycles. The number of nitrogens with zero attached hydrogens (tertiary/aromatic N) is 3. The molecule has 17 heteroatoms. The monoisotopic (exact) mass is 698 g/mol. The number of aryl methyl sites for hydroxylation is 1. The Bertz CT molecular complexity index is 1620. The molecule has 1 aliphatic rings. The third-order valence-electron chi connectivity index (χ3n) is 7.55. The standard InChI is InChI=1S/C29H31Cl2F7N6O2/c1-27(2,32)25(46)40-13-15-6-7-18(30)23(22(15)31)42-26-41-19-11-17(24(45)39-9-8-28(33,34)35)20(12-21(19)43(26)3)44-10-4-5-16(14-44)29(36,37)38/h6-7,11-12,16H,4-5,8-10,13-14H2,1-3H3,(H,39,45)(H,40,46)(H,41,42). The number of alkyl halides is 7. The first kappa shape index (κ1) is 35.4. The van der Waals surface area contributed by atoms with Crippen molar-refractivity contribution in [2.45, 2.75) is 57.7 Å². The lowest BCUT2D eigenvalue weighted by Gasteiger charge is -2.36. The van der Waals surface area contributed by atoms with E-state index >= 15 is 0 Å². The van der Waals surface area contributed by atoms with Crippen molar-refractivity contribution < 1.29 is 40.3 Å². The van der Waals surface area contributed by atoms with E-state index in [0.717, 1.165) is 13.8 Å². The number of fused-ring (bicyclic) bond motifs is 1. The Labute approximate surface area is 269 Å². The van der Waals surface area contributed by atoms with E-state index in [0.29, 0.717) is 11.1 Å². The Morgan fingerprint density at radius 2 is 1.74 bits per heavy atom. The summed E-state index contributed by atoms with van der Waals surface area (Å²) in [5.41, 5.74) is -0.963. The van der Waals surface area contributed by atoms with Crippen LogP contribution in [0.25, 0.3) is 11.0 Å². The first-order valence-electron chi connectivity index (χ1n) is 14.1. The number of aromatic nitrogens is 2. The molecule has 2 heterocycles. The molecule has 1 atom stereocenters. The second kappa shape index (κ2) is 13.3. The van der Waals surface area contributed by atoms with Gasteiger partial charge in [-0.3, -0.25) is 9.59 Å². The van der Waals surface area contributed by atoms with Gasteiger partial charge in [-0.15, -0.1) is 0 Å². The van der Waals surface area contributed by atoms with Gasteiger partial charge in [0, 0.05) is 33.2 Å². The second-order valence-electron chi connectivity index (χ2n) is 11.5. The summed E-state index contributed by atoms with van der Waals surface area (Å²) in [7, 11) is 1.59. The Balaban J connectivity index is 1.71. The summed E-state index contributed by atoms with van der Waals surface area (Å²) >= 11 is 13.0. The van der Waals surface area contributed by atoms with Crippen LogP contribution in [0.15, 0.2) is 24.3 Å². The lowest BCUT2D eigenvalue weighted by Crippen LogP contribution is -2.42. The molecule has 1 saturated heterocycles. The van der Waals surface area contributed by atoms with Gasteiger partial charge in [-0.2, -0.15) is 26.3 Å². The number of hydrogen-bond donors (Lipinski definition) is 3.